The van der Waals surface area contributed by atoms with E-state index in [1.807, 2.05) is 39.8 Å². The van der Waals surface area contributed by atoms with Crippen LogP contribution >= 0.6 is 0 Å². The summed E-state index contributed by atoms with van der Waals surface area (Å²) in [6.45, 7) is 8.87. The summed E-state index contributed by atoms with van der Waals surface area (Å²) in [4.78, 5) is 8.52. The van der Waals surface area contributed by atoms with Crippen molar-refractivity contribution < 1.29 is 4.42 Å². The first kappa shape index (κ1) is 13.4. The normalized spacial score (nSPS) is 12.2. The van der Waals surface area contributed by atoms with Gasteiger partial charge in [-0.2, -0.15) is 0 Å². The van der Waals surface area contributed by atoms with Gasteiger partial charge in [-0.1, -0.05) is 0 Å². The van der Waals surface area contributed by atoms with Crippen molar-refractivity contribution in [2.45, 2.75) is 33.7 Å². The van der Waals surface area contributed by atoms with Crippen LogP contribution in [0.15, 0.2) is 22.9 Å². The molecule has 2 heterocycles. The van der Waals surface area contributed by atoms with Gasteiger partial charge in [0.15, 0.2) is 0 Å². The van der Waals surface area contributed by atoms with Crippen molar-refractivity contribution in [3.05, 3.63) is 35.5 Å². The van der Waals surface area contributed by atoms with Crippen LogP contribution in [0.4, 0.5) is 11.6 Å². The minimum absolute atomic E-state index is 0.0665. The number of rotatable bonds is 5. The molecule has 19 heavy (non-hydrogen) atoms. The molecule has 1 atom stereocenters. The zero-order chi connectivity index (χ0) is 13.8. The summed E-state index contributed by atoms with van der Waals surface area (Å²) in [7, 11) is 0. The van der Waals surface area contributed by atoms with E-state index >= 15 is 0 Å². The van der Waals surface area contributed by atoms with Crippen LogP contribution in [0.1, 0.15) is 37.0 Å². The highest BCUT2D eigenvalue weighted by atomic mass is 16.3. The van der Waals surface area contributed by atoms with Gasteiger partial charge < -0.3 is 15.1 Å². The third kappa shape index (κ3) is 3.05. The van der Waals surface area contributed by atoms with Crippen LogP contribution in [-0.2, 0) is 0 Å². The lowest BCUT2D eigenvalue weighted by molar-refractivity contribution is 0.466. The molecule has 1 unspecified atom stereocenters. The van der Waals surface area contributed by atoms with E-state index < -0.39 is 0 Å². The lowest BCUT2D eigenvalue weighted by atomic mass is 10.2. The second-order valence-electron chi connectivity index (χ2n) is 4.54. The third-order valence-electron chi connectivity index (χ3n) is 2.97. The van der Waals surface area contributed by atoms with Gasteiger partial charge in [0.25, 0.3) is 0 Å². The van der Waals surface area contributed by atoms with E-state index in [1.54, 1.807) is 6.33 Å². The smallest absolute Gasteiger partial charge is 0.135 e. The standard InChI is InChI=1S/C14H20N4O/c1-5-15-13-10(3)14(17-8-16-13)18-11(4)12-7-6-9(2)19-12/h6-8,11H,5H2,1-4H3,(H2,15,16,17,18). The number of nitrogens with zero attached hydrogens (tertiary/aromatic N) is 2. The van der Waals surface area contributed by atoms with Crippen molar-refractivity contribution in [2.75, 3.05) is 17.2 Å². The Bertz CT molecular complexity index is 550. The van der Waals surface area contributed by atoms with E-state index in [1.165, 1.54) is 0 Å². The van der Waals surface area contributed by atoms with Crippen molar-refractivity contribution in [3.8, 4) is 0 Å². The maximum atomic E-state index is 5.61. The summed E-state index contributed by atoms with van der Waals surface area (Å²) in [5.74, 6) is 3.51. The SMILES string of the molecule is CCNc1ncnc(NC(C)c2ccc(C)o2)c1C. The number of aromatic nitrogens is 2. The van der Waals surface area contributed by atoms with Crippen molar-refractivity contribution in [1.82, 2.24) is 9.97 Å². The van der Waals surface area contributed by atoms with Crippen LogP contribution in [0.3, 0.4) is 0 Å². The maximum Gasteiger partial charge on any atom is 0.135 e. The Morgan fingerprint density at radius 3 is 2.58 bits per heavy atom. The van der Waals surface area contributed by atoms with Gasteiger partial charge in [-0.15, -0.1) is 0 Å². The molecule has 2 rings (SSSR count). The van der Waals surface area contributed by atoms with Crippen molar-refractivity contribution in [1.29, 1.82) is 0 Å². The first-order valence-electron chi connectivity index (χ1n) is 6.50. The zero-order valence-corrected chi connectivity index (χ0v) is 11.8. The highest BCUT2D eigenvalue weighted by Gasteiger charge is 2.13. The summed E-state index contributed by atoms with van der Waals surface area (Å²) in [6.07, 6.45) is 1.56. The molecule has 2 aromatic heterocycles. The minimum Gasteiger partial charge on any atom is -0.464 e. The van der Waals surface area contributed by atoms with Gasteiger partial charge >= 0.3 is 0 Å². The van der Waals surface area contributed by atoms with Gasteiger partial charge in [0, 0.05) is 12.1 Å². The molecule has 2 N–H and O–H groups in total. The Labute approximate surface area is 113 Å². The average Bonchev–Trinajstić information content (AvgIpc) is 2.81. The van der Waals surface area contributed by atoms with Crippen molar-refractivity contribution in [3.63, 3.8) is 0 Å². The van der Waals surface area contributed by atoms with Crippen molar-refractivity contribution >= 4 is 11.6 Å². The molecule has 0 saturated carbocycles. The van der Waals surface area contributed by atoms with Gasteiger partial charge in [-0.05, 0) is 39.8 Å². The topological polar surface area (TPSA) is 63.0 Å². The number of anilines is 2. The van der Waals surface area contributed by atoms with Gasteiger partial charge in [0.2, 0.25) is 0 Å². The molecule has 2 aromatic rings. The molecule has 0 aliphatic heterocycles. The molecule has 5 nitrogen and oxygen atoms in total. The molecular weight excluding hydrogens is 240 g/mol. The molecule has 0 spiro atoms. The van der Waals surface area contributed by atoms with E-state index in [0.717, 1.165) is 35.3 Å². The molecule has 0 aliphatic rings. The summed E-state index contributed by atoms with van der Waals surface area (Å²) in [6, 6.07) is 4.01. The molecule has 0 aromatic carbocycles. The molecule has 0 amide bonds. The summed E-state index contributed by atoms with van der Waals surface area (Å²) in [5.41, 5.74) is 1.01. The van der Waals surface area contributed by atoms with Crippen molar-refractivity contribution in [2.24, 2.45) is 0 Å². The molecular formula is C14H20N4O. The summed E-state index contributed by atoms with van der Waals surface area (Å²) < 4.78 is 5.61. The number of aryl methyl sites for hydroxylation is 1. The first-order chi connectivity index (χ1) is 9.11. The quantitative estimate of drug-likeness (QED) is 0.863. The predicted octanol–water partition coefficient (Wildman–Crippen LogP) is 3.29. The maximum absolute atomic E-state index is 5.61. The number of furan rings is 1. The lowest BCUT2D eigenvalue weighted by Gasteiger charge is -2.15. The molecule has 0 radical (unpaired) electrons. The van der Waals surface area contributed by atoms with E-state index in [0.29, 0.717) is 0 Å². The molecule has 0 saturated heterocycles. The molecule has 102 valence electrons. The monoisotopic (exact) mass is 260 g/mol. The van der Waals surface area contributed by atoms with E-state index in [9.17, 15) is 0 Å². The summed E-state index contributed by atoms with van der Waals surface area (Å²) >= 11 is 0. The largest absolute Gasteiger partial charge is 0.464 e. The molecule has 0 fully saturated rings. The van der Waals surface area contributed by atoms with E-state index in [-0.39, 0.29) is 6.04 Å². The molecule has 0 bridgehead atoms. The Kier molecular flexibility index (Phi) is 4.04. The number of nitrogens with one attached hydrogen (secondary N) is 2. The van der Waals surface area contributed by atoms with Crippen LogP contribution in [0.5, 0.6) is 0 Å². The Balaban J connectivity index is 2.16. The van der Waals surface area contributed by atoms with Crippen LogP contribution in [0, 0.1) is 13.8 Å². The van der Waals surface area contributed by atoms with Gasteiger partial charge in [0.05, 0.1) is 6.04 Å². The van der Waals surface area contributed by atoms with Crippen LogP contribution in [0.2, 0.25) is 0 Å². The average molecular weight is 260 g/mol. The van der Waals surface area contributed by atoms with E-state index in [2.05, 4.69) is 20.6 Å². The van der Waals surface area contributed by atoms with Gasteiger partial charge in [0.1, 0.15) is 29.5 Å². The third-order valence-corrected chi connectivity index (χ3v) is 2.97. The number of hydrogen-bond acceptors (Lipinski definition) is 5. The molecule has 5 heteroatoms. The first-order valence-corrected chi connectivity index (χ1v) is 6.50. The molecule has 0 aliphatic carbocycles. The number of hydrogen-bond donors (Lipinski definition) is 2. The predicted molar refractivity (Wildman–Crippen MR) is 76.4 cm³/mol. The lowest BCUT2D eigenvalue weighted by Crippen LogP contribution is -2.11. The van der Waals surface area contributed by atoms with Gasteiger partial charge in [-0.25, -0.2) is 9.97 Å². The Morgan fingerprint density at radius 2 is 1.95 bits per heavy atom. The van der Waals surface area contributed by atoms with Gasteiger partial charge in [-0.3, -0.25) is 0 Å². The zero-order valence-electron chi connectivity index (χ0n) is 11.8. The Hall–Kier alpha value is -2.04. The fourth-order valence-electron chi connectivity index (χ4n) is 1.90. The van der Waals surface area contributed by atoms with Crippen LogP contribution < -0.4 is 10.6 Å². The highest BCUT2D eigenvalue weighted by molar-refractivity contribution is 5.56. The summed E-state index contributed by atoms with van der Waals surface area (Å²) in [5, 5.41) is 6.57. The minimum atomic E-state index is 0.0665. The van der Waals surface area contributed by atoms with Crippen LogP contribution in [-0.4, -0.2) is 16.5 Å². The fraction of sp³-hybridized carbons (Fsp3) is 0.429. The second-order valence-corrected chi connectivity index (χ2v) is 4.54. The van der Waals surface area contributed by atoms with Crippen LogP contribution in [0.25, 0.3) is 0 Å². The van der Waals surface area contributed by atoms with E-state index in [4.69, 9.17) is 4.42 Å². The fourth-order valence-corrected chi connectivity index (χ4v) is 1.90. The second kappa shape index (κ2) is 5.73. The highest BCUT2D eigenvalue weighted by Crippen LogP contribution is 2.24. The Morgan fingerprint density at radius 1 is 1.21 bits per heavy atom.